The van der Waals surface area contributed by atoms with E-state index in [0.29, 0.717) is 5.47 Å². The summed E-state index contributed by atoms with van der Waals surface area (Å²) in [7, 11) is -0.565. The van der Waals surface area contributed by atoms with E-state index in [4.69, 9.17) is 20.0 Å². The molecule has 1 saturated heterocycles. The average Bonchev–Trinajstić information content (AvgIpc) is 3.04. The van der Waals surface area contributed by atoms with E-state index in [0.717, 1.165) is 12.8 Å². The van der Waals surface area contributed by atoms with Crippen LogP contribution in [0, 0.1) is 16.7 Å². The number of nitrogens with zero attached hydrogens (tertiary/aromatic N) is 1. The van der Waals surface area contributed by atoms with Crippen LogP contribution in [0.3, 0.4) is 0 Å². The Hall–Kier alpha value is -1.32. The zero-order valence-corrected chi connectivity index (χ0v) is 11.9. The van der Waals surface area contributed by atoms with Gasteiger partial charge in [0.15, 0.2) is 0 Å². The highest BCUT2D eigenvalue weighted by atomic mass is 16.7. The molecule has 1 heterocycles. The Labute approximate surface area is 114 Å². The molecule has 0 bridgehead atoms. The van der Waals surface area contributed by atoms with E-state index < -0.39 is 23.9 Å². The number of hydrogen-bond acceptors (Lipinski definition) is 5. The molecule has 5 nitrogen and oxygen atoms in total. The number of nitriles is 1. The van der Waals surface area contributed by atoms with Crippen molar-refractivity contribution in [1.29, 1.82) is 10.7 Å². The van der Waals surface area contributed by atoms with Crippen molar-refractivity contribution in [3.05, 3.63) is 11.7 Å². The van der Waals surface area contributed by atoms with Crippen LogP contribution in [-0.2, 0) is 9.31 Å². The highest BCUT2D eigenvalue weighted by molar-refractivity contribution is 6.60. The van der Waals surface area contributed by atoms with Crippen molar-refractivity contribution in [2.45, 2.75) is 57.3 Å². The quantitative estimate of drug-likeness (QED) is 0.597. The van der Waals surface area contributed by atoms with Gasteiger partial charge in [-0.1, -0.05) is 0 Å². The van der Waals surface area contributed by atoms with Crippen LogP contribution in [0.4, 0.5) is 0 Å². The second-order valence-electron chi connectivity index (χ2n) is 6.22. The summed E-state index contributed by atoms with van der Waals surface area (Å²) in [6.45, 7) is 7.89. The lowest BCUT2D eigenvalue weighted by Crippen LogP contribution is -2.41. The third-order valence-corrected chi connectivity index (χ3v) is 4.17. The summed E-state index contributed by atoms with van der Waals surface area (Å²) in [6, 6.07) is 2.24. The first kappa shape index (κ1) is 14.1. The fraction of sp³-hybridized carbons (Fsp3) is 0.692. The van der Waals surface area contributed by atoms with Gasteiger partial charge in [0.05, 0.1) is 17.3 Å². The molecule has 2 fully saturated rings. The van der Waals surface area contributed by atoms with Crippen molar-refractivity contribution in [1.82, 2.24) is 5.32 Å². The Balaban J connectivity index is 2.10. The van der Waals surface area contributed by atoms with E-state index in [1.165, 1.54) is 6.21 Å². The van der Waals surface area contributed by atoms with Crippen LogP contribution in [-0.4, -0.2) is 30.1 Å². The molecular formula is C13H20BN3O2. The molecule has 0 radical (unpaired) electrons. The van der Waals surface area contributed by atoms with E-state index in [2.05, 4.69) is 11.4 Å². The summed E-state index contributed by atoms with van der Waals surface area (Å²) in [5, 5.41) is 19.6. The number of rotatable bonds is 4. The molecule has 2 rings (SSSR count). The van der Waals surface area contributed by atoms with E-state index >= 15 is 0 Å². The third-order valence-electron chi connectivity index (χ3n) is 4.17. The summed E-state index contributed by atoms with van der Waals surface area (Å²) in [4.78, 5) is 0. The summed E-state index contributed by atoms with van der Waals surface area (Å²) in [5.74, 6) is 0. The van der Waals surface area contributed by atoms with E-state index in [1.807, 2.05) is 27.7 Å². The van der Waals surface area contributed by atoms with Crippen LogP contribution in [0.2, 0.25) is 0 Å². The van der Waals surface area contributed by atoms with Gasteiger partial charge in [-0.05, 0) is 46.7 Å². The molecule has 1 saturated carbocycles. The molecule has 0 aromatic heterocycles. The van der Waals surface area contributed by atoms with Crippen LogP contribution >= 0.6 is 0 Å². The first-order chi connectivity index (χ1) is 8.75. The minimum atomic E-state index is -0.565. The maximum Gasteiger partial charge on any atom is 0.497 e. The van der Waals surface area contributed by atoms with Crippen molar-refractivity contribution in [2.75, 3.05) is 0 Å². The standard InChI is InChI=1S/C13H20BN3O2/c1-11(2)12(3,4)19-14(18-11)10(7-15)8-17-13(9-16)5-6-13/h7-8,15,17H,5-6H2,1-4H3/b10-8+,15-7?. The Kier molecular flexibility index (Phi) is 3.24. The van der Waals surface area contributed by atoms with Crippen LogP contribution < -0.4 is 5.32 Å². The van der Waals surface area contributed by atoms with Gasteiger partial charge in [-0.2, -0.15) is 5.26 Å². The average molecular weight is 261 g/mol. The minimum Gasteiger partial charge on any atom is -0.399 e. The van der Waals surface area contributed by atoms with Gasteiger partial charge in [-0.3, -0.25) is 0 Å². The summed E-state index contributed by atoms with van der Waals surface area (Å²) < 4.78 is 11.7. The molecule has 0 amide bonds. The fourth-order valence-corrected chi connectivity index (χ4v) is 1.79. The van der Waals surface area contributed by atoms with Gasteiger partial charge < -0.3 is 20.0 Å². The Morgan fingerprint density at radius 3 is 2.16 bits per heavy atom. The summed E-state index contributed by atoms with van der Waals surface area (Å²) >= 11 is 0. The molecule has 6 heteroatoms. The van der Waals surface area contributed by atoms with Gasteiger partial charge in [0, 0.05) is 11.7 Å². The molecule has 1 aliphatic heterocycles. The number of allylic oxidation sites excluding steroid dienone is 1. The van der Waals surface area contributed by atoms with Gasteiger partial charge in [0.1, 0.15) is 5.54 Å². The first-order valence-electron chi connectivity index (χ1n) is 6.50. The van der Waals surface area contributed by atoms with Crippen LogP contribution in [0.1, 0.15) is 40.5 Å². The second-order valence-corrected chi connectivity index (χ2v) is 6.22. The van der Waals surface area contributed by atoms with Crippen molar-refractivity contribution in [2.24, 2.45) is 0 Å². The van der Waals surface area contributed by atoms with Gasteiger partial charge >= 0.3 is 7.12 Å². The molecular weight excluding hydrogens is 241 g/mol. The lowest BCUT2D eigenvalue weighted by Gasteiger charge is -2.32. The maximum absolute atomic E-state index is 9.01. The fourth-order valence-electron chi connectivity index (χ4n) is 1.79. The maximum atomic E-state index is 9.01. The number of nitrogens with one attached hydrogen (secondary N) is 2. The number of hydrogen-bond donors (Lipinski definition) is 2. The predicted octanol–water partition coefficient (Wildman–Crippen LogP) is 1.80. The minimum absolute atomic E-state index is 0.424. The Morgan fingerprint density at radius 2 is 1.79 bits per heavy atom. The Morgan fingerprint density at radius 1 is 1.26 bits per heavy atom. The Bertz CT molecular complexity index is 445. The lowest BCUT2D eigenvalue weighted by molar-refractivity contribution is 0.00578. The molecule has 102 valence electrons. The molecule has 2 N–H and O–H groups in total. The molecule has 0 unspecified atom stereocenters. The highest BCUT2D eigenvalue weighted by Crippen LogP contribution is 2.38. The SMILES string of the molecule is CC1(C)OB(/C(C=N)=C/NC2(C#N)CC2)OC1(C)C. The van der Waals surface area contributed by atoms with Crippen molar-refractivity contribution in [3.63, 3.8) is 0 Å². The molecule has 0 aromatic carbocycles. The van der Waals surface area contributed by atoms with Crippen LogP contribution in [0.25, 0.3) is 0 Å². The van der Waals surface area contributed by atoms with Crippen molar-refractivity contribution >= 4 is 13.3 Å². The van der Waals surface area contributed by atoms with Gasteiger partial charge in [-0.15, -0.1) is 0 Å². The van der Waals surface area contributed by atoms with Gasteiger partial charge in [0.2, 0.25) is 0 Å². The zero-order valence-electron chi connectivity index (χ0n) is 11.9. The molecule has 19 heavy (non-hydrogen) atoms. The molecule has 0 spiro atoms. The van der Waals surface area contributed by atoms with Crippen LogP contribution in [0.5, 0.6) is 0 Å². The molecule has 0 atom stereocenters. The first-order valence-corrected chi connectivity index (χ1v) is 6.50. The smallest absolute Gasteiger partial charge is 0.399 e. The van der Waals surface area contributed by atoms with E-state index in [9.17, 15) is 0 Å². The van der Waals surface area contributed by atoms with Crippen LogP contribution in [0.15, 0.2) is 11.7 Å². The third kappa shape index (κ3) is 2.53. The molecule has 1 aliphatic carbocycles. The van der Waals surface area contributed by atoms with Crippen molar-refractivity contribution < 1.29 is 9.31 Å². The van der Waals surface area contributed by atoms with Gasteiger partial charge in [-0.25, -0.2) is 0 Å². The van der Waals surface area contributed by atoms with E-state index in [1.54, 1.807) is 6.20 Å². The topological polar surface area (TPSA) is 78.1 Å². The zero-order chi connectivity index (χ0) is 14.3. The molecule has 0 aromatic rings. The van der Waals surface area contributed by atoms with E-state index in [-0.39, 0.29) is 0 Å². The predicted molar refractivity (Wildman–Crippen MR) is 73.7 cm³/mol. The highest BCUT2D eigenvalue weighted by Gasteiger charge is 2.52. The normalized spacial score (nSPS) is 26.7. The van der Waals surface area contributed by atoms with Gasteiger partial charge in [0.25, 0.3) is 0 Å². The lowest BCUT2D eigenvalue weighted by atomic mass is 9.79. The molecule has 2 aliphatic rings. The summed E-state index contributed by atoms with van der Waals surface area (Å²) in [5.41, 5.74) is -0.698. The largest absolute Gasteiger partial charge is 0.497 e. The monoisotopic (exact) mass is 261 g/mol. The second kappa shape index (κ2) is 4.36. The summed E-state index contributed by atoms with van der Waals surface area (Å²) in [6.07, 6.45) is 4.57. The van der Waals surface area contributed by atoms with Crippen molar-refractivity contribution in [3.8, 4) is 6.07 Å².